The molecule has 0 aliphatic heterocycles. The van der Waals surface area contributed by atoms with Gasteiger partial charge in [-0.15, -0.1) is 0 Å². The highest BCUT2D eigenvalue weighted by Gasteiger charge is 2.23. The molecule has 0 spiro atoms. The van der Waals surface area contributed by atoms with Gasteiger partial charge in [0.25, 0.3) is 5.91 Å². The van der Waals surface area contributed by atoms with E-state index in [0.29, 0.717) is 0 Å². The van der Waals surface area contributed by atoms with Crippen LogP contribution in [0.1, 0.15) is 10.4 Å². The van der Waals surface area contributed by atoms with E-state index in [-0.39, 0.29) is 11.8 Å². The van der Waals surface area contributed by atoms with Crippen LogP contribution in [0.4, 0.5) is 13.2 Å². The first kappa shape index (κ1) is 12.2. The Morgan fingerprint density at radius 2 is 2.11 bits per heavy atom. The molecule has 7 heteroatoms. The molecule has 2 N–H and O–H groups in total. The SMILES string of the molecule is O=C(NN=CC(F)(F)F)c1ccc2[nH]ccc2c1. The lowest BCUT2D eigenvalue weighted by Crippen LogP contribution is -2.20. The zero-order chi connectivity index (χ0) is 13.2. The van der Waals surface area contributed by atoms with Crippen LogP contribution in [-0.2, 0) is 0 Å². The molecular weight excluding hydrogens is 247 g/mol. The summed E-state index contributed by atoms with van der Waals surface area (Å²) in [6.45, 7) is 0. The van der Waals surface area contributed by atoms with E-state index >= 15 is 0 Å². The number of fused-ring (bicyclic) bond motifs is 1. The summed E-state index contributed by atoms with van der Waals surface area (Å²) in [5.41, 5.74) is 2.89. The number of amides is 1. The van der Waals surface area contributed by atoms with Crippen molar-refractivity contribution < 1.29 is 18.0 Å². The van der Waals surface area contributed by atoms with E-state index in [1.807, 2.05) is 5.43 Å². The third-order valence-corrected chi connectivity index (χ3v) is 2.19. The molecular formula is C11H8F3N3O. The minimum atomic E-state index is -4.54. The molecule has 1 amide bonds. The number of nitrogens with one attached hydrogen (secondary N) is 2. The summed E-state index contributed by atoms with van der Waals surface area (Å²) >= 11 is 0. The van der Waals surface area contributed by atoms with E-state index in [2.05, 4.69) is 10.1 Å². The fourth-order valence-corrected chi connectivity index (χ4v) is 1.42. The van der Waals surface area contributed by atoms with Crippen molar-refractivity contribution in [3.05, 3.63) is 36.0 Å². The maximum atomic E-state index is 11.8. The van der Waals surface area contributed by atoms with Crippen molar-refractivity contribution in [3.8, 4) is 0 Å². The molecule has 94 valence electrons. The molecule has 18 heavy (non-hydrogen) atoms. The molecule has 0 saturated heterocycles. The largest absolute Gasteiger partial charge is 0.428 e. The highest BCUT2D eigenvalue weighted by Crippen LogP contribution is 2.14. The number of H-pyrrole nitrogens is 1. The molecule has 4 nitrogen and oxygen atoms in total. The second-order valence-electron chi connectivity index (χ2n) is 3.52. The predicted octanol–water partition coefficient (Wildman–Crippen LogP) is 2.45. The highest BCUT2D eigenvalue weighted by atomic mass is 19.4. The molecule has 1 aromatic carbocycles. The Hall–Kier alpha value is -2.31. The third-order valence-electron chi connectivity index (χ3n) is 2.19. The number of aromatic amines is 1. The summed E-state index contributed by atoms with van der Waals surface area (Å²) in [6.07, 6.45) is -3.12. The first-order valence-corrected chi connectivity index (χ1v) is 4.94. The summed E-state index contributed by atoms with van der Waals surface area (Å²) in [5, 5.41) is 3.62. The number of hydrogen-bond acceptors (Lipinski definition) is 2. The Balaban J connectivity index is 2.11. The number of hydrazone groups is 1. The average molecular weight is 255 g/mol. The van der Waals surface area contributed by atoms with Gasteiger partial charge in [-0.25, -0.2) is 5.43 Å². The normalized spacial score (nSPS) is 12.2. The van der Waals surface area contributed by atoms with E-state index < -0.39 is 12.1 Å². The van der Waals surface area contributed by atoms with Gasteiger partial charge in [-0.1, -0.05) is 0 Å². The van der Waals surface area contributed by atoms with Gasteiger partial charge in [0.2, 0.25) is 0 Å². The Morgan fingerprint density at radius 1 is 1.33 bits per heavy atom. The van der Waals surface area contributed by atoms with Crippen LogP contribution in [0.5, 0.6) is 0 Å². The minimum Gasteiger partial charge on any atom is -0.361 e. The Morgan fingerprint density at radius 3 is 2.83 bits per heavy atom. The van der Waals surface area contributed by atoms with Gasteiger partial charge in [0, 0.05) is 22.7 Å². The number of rotatable bonds is 2. The summed E-state index contributed by atoms with van der Waals surface area (Å²) in [5.74, 6) is -0.696. The molecule has 0 unspecified atom stereocenters. The van der Waals surface area contributed by atoms with Crippen molar-refractivity contribution in [1.82, 2.24) is 10.4 Å². The van der Waals surface area contributed by atoms with Gasteiger partial charge in [-0.3, -0.25) is 4.79 Å². The Bertz CT molecular complexity index is 601. The molecule has 2 rings (SSSR count). The van der Waals surface area contributed by atoms with E-state index in [9.17, 15) is 18.0 Å². The van der Waals surface area contributed by atoms with E-state index in [1.54, 1.807) is 24.4 Å². The number of hydrogen-bond donors (Lipinski definition) is 2. The standard InChI is InChI=1S/C11H8F3N3O/c12-11(13,14)6-16-17-10(18)8-1-2-9-7(5-8)3-4-15-9/h1-6,15H,(H,17,18). The van der Waals surface area contributed by atoms with E-state index in [1.165, 1.54) is 6.07 Å². The van der Waals surface area contributed by atoms with Crippen LogP contribution in [0.15, 0.2) is 35.6 Å². The van der Waals surface area contributed by atoms with Crippen molar-refractivity contribution in [3.63, 3.8) is 0 Å². The Kier molecular flexibility index (Phi) is 3.05. The second kappa shape index (κ2) is 4.52. The van der Waals surface area contributed by atoms with Gasteiger partial charge >= 0.3 is 6.18 Å². The maximum Gasteiger partial charge on any atom is 0.428 e. The van der Waals surface area contributed by atoms with Crippen LogP contribution in [0.3, 0.4) is 0 Å². The quantitative estimate of drug-likeness (QED) is 0.628. The number of aromatic nitrogens is 1. The molecule has 1 heterocycles. The molecule has 0 saturated carbocycles. The van der Waals surface area contributed by atoms with Crippen LogP contribution in [0.25, 0.3) is 10.9 Å². The van der Waals surface area contributed by atoms with Gasteiger partial charge in [-0.2, -0.15) is 18.3 Å². The van der Waals surface area contributed by atoms with E-state index in [0.717, 1.165) is 10.9 Å². The maximum absolute atomic E-state index is 11.8. The smallest absolute Gasteiger partial charge is 0.361 e. The first-order valence-electron chi connectivity index (χ1n) is 4.94. The molecule has 0 atom stereocenters. The summed E-state index contributed by atoms with van der Waals surface area (Å²) in [7, 11) is 0. The second-order valence-corrected chi connectivity index (χ2v) is 3.52. The first-order chi connectivity index (χ1) is 8.46. The minimum absolute atomic E-state index is 0.237. The molecule has 0 radical (unpaired) electrons. The molecule has 2 aromatic rings. The number of alkyl halides is 3. The molecule has 0 aliphatic carbocycles. The van der Waals surface area contributed by atoms with Gasteiger partial charge < -0.3 is 4.98 Å². The number of benzene rings is 1. The van der Waals surface area contributed by atoms with Crippen LogP contribution in [0.2, 0.25) is 0 Å². The monoisotopic (exact) mass is 255 g/mol. The molecule has 0 aliphatic rings. The van der Waals surface area contributed by atoms with Gasteiger partial charge in [0.05, 0.1) is 0 Å². The van der Waals surface area contributed by atoms with Crippen molar-refractivity contribution >= 4 is 23.0 Å². The highest BCUT2D eigenvalue weighted by molar-refractivity contribution is 5.98. The fraction of sp³-hybridized carbons (Fsp3) is 0.0909. The summed E-state index contributed by atoms with van der Waals surface area (Å²) in [4.78, 5) is 14.4. The average Bonchev–Trinajstić information content (AvgIpc) is 2.73. The lowest BCUT2D eigenvalue weighted by molar-refractivity contribution is -0.0538. The van der Waals surface area contributed by atoms with Crippen LogP contribution in [0, 0.1) is 0 Å². The van der Waals surface area contributed by atoms with Crippen LogP contribution in [-0.4, -0.2) is 23.3 Å². The summed E-state index contributed by atoms with van der Waals surface area (Å²) in [6, 6.07) is 6.48. The van der Waals surface area contributed by atoms with Gasteiger partial charge in [0.1, 0.15) is 6.21 Å². The number of nitrogens with zero attached hydrogens (tertiary/aromatic N) is 1. The molecule has 0 fully saturated rings. The van der Waals surface area contributed by atoms with Crippen molar-refractivity contribution in [2.75, 3.05) is 0 Å². The zero-order valence-electron chi connectivity index (χ0n) is 8.95. The third kappa shape index (κ3) is 2.88. The van der Waals surface area contributed by atoms with E-state index in [4.69, 9.17) is 0 Å². The van der Waals surface area contributed by atoms with Crippen molar-refractivity contribution in [1.29, 1.82) is 0 Å². The number of carbonyl (C=O) groups excluding carboxylic acids is 1. The fourth-order valence-electron chi connectivity index (χ4n) is 1.42. The van der Waals surface area contributed by atoms with Crippen molar-refractivity contribution in [2.24, 2.45) is 5.10 Å². The lowest BCUT2D eigenvalue weighted by atomic mass is 10.1. The Labute approximate surface area is 99.5 Å². The van der Waals surface area contributed by atoms with Crippen molar-refractivity contribution in [2.45, 2.75) is 6.18 Å². The van der Waals surface area contributed by atoms with Crippen LogP contribution < -0.4 is 5.43 Å². The van der Waals surface area contributed by atoms with Gasteiger partial charge in [0.15, 0.2) is 0 Å². The number of halogens is 3. The zero-order valence-corrected chi connectivity index (χ0v) is 8.95. The lowest BCUT2D eigenvalue weighted by Gasteiger charge is -2.01. The molecule has 1 aromatic heterocycles. The number of carbonyl (C=O) groups is 1. The molecule has 0 bridgehead atoms. The summed E-state index contributed by atoms with van der Waals surface area (Å²) < 4.78 is 35.3. The van der Waals surface area contributed by atoms with Gasteiger partial charge in [-0.05, 0) is 24.3 Å². The predicted molar refractivity (Wildman–Crippen MR) is 60.3 cm³/mol. The van der Waals surface area contributed by atoms with Crippen LogP contribution >= 0.6 is 0 Å². The topological polar surface area (TPSA) is 57.2 Å².